The van der Waals surface area contributed by atoms with E-state index in [0.717, 1.165) is 11.4 Å². The number of allylic oxidation sites excluding steroid dienone is 1. The fourth-order valence-corrected chi connectivity index (χ4v) is 1.53. The van der Waals surface area contributed by atoms with Crippen LogP contribution in [0.1, 0.15) is 37.8 Å². The van der Waals surface area contributed by atoms with Gasteiger partial charge in [0.15, 0.2) is 5.82 Å². The normalized spacial score (nSPS) is 12.1. The second-order valence-electron chi connectivity index (χ2n) is 3.56. The highest BCUT2D eigenvalue weighted by Crippen LogP contribution is 2.23. The van der Waals surface area contributed by atoms with Crippen molar-refractivity contribution in [3.8, 4) is 0 Å². The van der Waals surface area contributed by atoms with Gasteiger partial charge in [-0.2, -0.15) is 0 Å². The van der Waals surface area contributed by atoms with Gasteiger partial charge < -0.3 is 0 Å². The maximum absolute atomic E-state index is 4.35. The lowest BCUT2D eigenvalue weighted by atomic mass is 10.0. The first kappa shape index (κ1) is 12.4. The summed E-state index contributed by atoms with van der Waals surface area (Å²) >= 11 is 2.10. The Morgan fingerprint density at radius 1 is 1.47 bits per heavy atom. The molecule has 0 atom stereocenters. The fourth-order valence-electron chi connectivity index (χ4n) is 1.26. The molecular weight excluding hydrogens is 299 g/mol. The summed E-state index contributed by atoms with van der Waals surface area (Å²) in [4.78, 5) is 8.58. The first-order valence-electron chi connectivity index (χ1n) is 4.94. The maximum Gasteiger partial charge on any atom is 0.159 e. The molecule has 0 aromatic carbocycles. The Balaban J connectivity index is 3.20. The zero-order valence-electron chi connectivity index (χ0n) is 9.24. The Morgan fingerprint density at radius 3 is 2.73 bits per heavy atom. The van der Waals surface area contributed by atoms with Crippen molar-refractivity contribution in [2.75, 3.05) is 0 Å². The molecule has 1 aromatic heterocycles. The number of hydrogen-bond acceptors (Lipinski definition) is 2. The molecule has 0 unspecified atom stereocenters. The molecule has 0 fully saturated rings. The van der Waals surface area contributed by atoms with Crippen molar-refractivity contribution in [3.63, 3.8) is 0 Å². The number of halogens is 1. The molecule has 2 nitrogen and oxygen atoms in total. The lowest BCUT2D eigenvalue weighted by molar-refractivity contribution is 0.857. The van der Waals surface area contributed by atoms with Gasteiger partial charge >= 0.3 is 0 Å². The van der Waals surface area contributed by atoms with E-state index in [4.69, 9.17) is 0 Å². The predicted octanol–water partition coefficient (Wildman–Crippen LogP) is 4.33. The summed E-state index contributed by atoms with van der Waals surface area (Å²) in [5.41, 5.74) is 2.33. The highest BCUT2D eigenvalue weighted by molar-refractivity contribution is 14.1. The summed E-state index contributed by atoms with van der Waals surface area (Å²) in [6.45, 7) is 6.33. The van der Waals surface area contributed by atoms with E-state index in [0.29, 0.717) is 5.92 Å². The molecule has 0 bridgehead atoms. The van der Waals surface area contributed by atoms with Crippen molar-refractivity contribution < 1.29 is 0 Å². The minimum Gasteiger partial charge on any atom is -0.236 e. The quantitative estimate of drug-likeness (QED) is 0.602. The molecule has 0 amide bonds. The number of pyridine rings is 1. The summed E-state index contributed by atoms with van der Waals surface area (Å²) < 4.78 is 1.74. The number of hydrogen-bond donors (Lipinski definition) is 0. The largest absolute Gasteiger partial charge is 0.236 e. The summed E-state index contributed by atoms with van der Waals surface area (Å²) in [5, 5.41) is 0. The van der Waals surface area contributed by atoms with Crippen LogP contribution < -0.4 is 0 Å². The van der Waals surface area contributed by atoms with E-state index in [1.807, 2.05) is 25.3 Å². The average molecular weight is 314 g/mol. The van der Waals surface area contributed by atoms with Gasteiger partial charge in [-0.25, -0.2) is 9.98 Å². The van der Waals surface area contributed by atoms with E-state index in [9.17, 15) is 0 Å². The molecule has 0 saturated carbocycles. The van der Waals surface area contributed by atoms with Gasteiger partial charge in [-0.05, 0) is 47.1 Å². The third-order valence-corrected chi connectivity index (χ3v) is 2.38. The average Bonchev–Trinajstić information content (AvgIpc) is 2.21. The van der Waals surface area contributed by atoms with Gasteiger partial charge in [0, 0.05) is 11.8 Å². The molecule has 0 N–H and O–H groups in total. The van der Waals surface area contributed by atoms with E-state index < -0.39 is 0 Å². The Labute approximate surface area is 105 Å². The molecule has 1 heterocycles. The molecule has 0 spiro atoms. The van der Waals surface area contributed by atoms with E-state index in [-0.39, 0.29) is 0 Å². The van der Waals surface area contributed by atoms with Crippen molar-refractivity contribution in [3.05, 3.63) is 29.5 Å². The molecule has 0 radical (unpaired) electrons. The van der Waals surface area contributed by atoms with Gasteiger partial charge in [-0.3, -0.25) is 0 Å². The van der Waals surface area contributed by atoms with Gasteiger partial charge in [-0.15, -0.1) is 0 Å². The highest BCUT2D eigenvalue weighted by Gasteiger charge is 2.04. The standard InChI is InChI=1S/C12H15IN2/c1-4-5-10-6-11(9(2)3)7-14-12(10)15-8-13/h4-9H,1-3H3/b5-4-,15-8?. The summed E-state index contributed by atoms with van der Waals surface area (Å²) in [7, 11) is 0. The molecule has 3 heteroatoms. The van der Waals surface area contributed by atoms with Crippen LogP contribution in [0.5, 0.6) is 0 Å². The zero-order valence-corrected chi connectivity index (χ0v) is 11.4. The summed E-state index contributed by atoms with van der Waals surface area (Å²) in [6, 6.07) is 2.15. The van der Waals surface area contributed by atoms with Crippen LogP contribution in [0, 0.1) is 0 Å². The van der Waals surface area contributed by atoms with E-state index in [1.165, 1.54) is 5.56 Å². The van der Waals surface area contributed by atoms with Gasteiger partial charge in [0.25, 0.3) is 0 Å². The van der Waals surface area contributed by atoms with E-state index in [1.54, 1.807) is 4.22 Å². The van der Waals surface area contributed by atoms with Gasteiger partial charge in [0.05, 0.1) is 4.22 Å². The van der Waals surface area contributed by atoms with Crippen LogP contribution in [-0.2, 0) is 0 Å². The van der Waals surface area contributed by atoms with Gasteiger partial charge in [0.1, 0.15) is 0 Å². The van der Waals surface area contributed by atoms with Crippen LogP contribution in [0.2, 0.25) is 0 Å². The number of nitrogens with zero attached hydrogens (tertiary/aromatic N) is 2. The third kappa shape index (κ3) is 3.41. The molecule has 1 aromatic rings. The topological polar surface area (TPSA) is 25.2 Å². The molecule has 0 aliphatic heterocycles. The first-order chi connectivity index (χ1) is 7.19. The summed E-state index contributed by atoms with van der Waals surface area (Å²) in [6.07, 6.45) is 5.95. The van der Waals surface area contributed by atoms with E-state index in [2.05, 4.69) is 52.5 Å². The molecule has 0 aliphatic rings. The zero-order chi connectivity index (χ0) is 11.3. The Bertz CT molecular complexity index is 381. The summed E-state index contributed by atoms with van der Waals surface area (Å²) in [5.74, 6) is 1.28. The second kappa shape index (κ2) is 6.00. The van der Waals surface area contributed by atoms with Crippen molar-refractivity contribution in [1.29, 1.82) is 0 Å². The van der Waals surface area contributed by atoms with Crippen LogP contribution in [0.4, 0.5) is 5.82 Å². The Kier molecular flexibility index (Phi) is 4.94. The minimum atomic E-state index is 0.499. The van der Waals surface area contributed by atoms with Crippen LogP contribution >= 0.6 is 22.6 Å². The molecule has 1 rings (SSSR count). The number of aromatic nitrogens is 1. The molecule has 15 heavy (non-hydrogen) atoms. The molecule has 0 saturated heterocycles. The molecule has 0 aliphatic carbocycles. The van der Waals surface area contributed by atoms with Gasteiger partial charge in [-0.1, -0.05) is 26.0 Å². The van der Waals surface area contributed by atoms with Crippen LogP contribution in [0.3, 0.4) is 0 Å². The molecular formula is C12H15IN2. The second-order valence-corrected chi connectivity index (χ2v) is 4.12. The van der Waals surface area contributed by atoms with Crippen LogP contribution in [-0.4, -0.2) is 9.21 Å². The number of aliphatic imine (C=N–C) groups is 1. The van der Waals surface area contributed by atoms with Crippen molar-refractivity contribution in [1.82, 2.24) is 4.98 Å². The van der Waals surface area contributed by atoms with Crippen LogP contribution in [0.15, 0.2) is 23.3 Å². The third-order valence-electron chi connectivity index (χ3n) is 2.10. The van der Waals surface area contributed by atoms with Crippen molar-refractivity contribution in [2.45, 2.75) is 26.7 Å². The van der Waals surface area contributed by atoms with Gasteiger partial charge in [0.2, 0.25) is 0 Å². The first-order valence-corrected chi connectivity index (χ1v) is 6.19. The number of rotatable bonds is 3. The highest BCUT2D eigenvalue weighted by atomic mass is 127. The lowest BCUT2D eigenvalue weighted by Gasteiger charge is -2.07. The predicted molar refractivity (Wildman–Crippen MR) is 75.2 cm³/mol. The maximum atomic E-state index is 4.35. The van der Waals surface area contributed by atoms with Crippen LogP contribution in [0.25, 0.3) is 6.08 Å². The minimum absolute atomic E-state index is 0.499. The Morgan fingerprint density at radius 2 is 2.20 bits per heavy atom. The SMILES string of the molecule is C/C=C\c1cc(C(C)C)cnc1N=CI. The van der Waals surface area contributed by atoms with Crippen molar-refractivity contribution in [2.24, 2.45) is 4.99 Å². The monoisotopic (exact) mass is 314 g/mol. The lowest BCUT2D eigenvalue weighted by Crippen LogP contribution is -1.91. The van der Waals surface area contributed by atoms with E-state index >= 15 is 0 Å². The fraction of sp³-hybridized carbons (Fsp3) is 0.333. The smallest absolute Gasteiger partial charge is 0.159 e. The van der Waals surface area contributed by atoms with Crippen molar-refractivity contribution >= 4 is 38.7 Å². The molecule has 80 valence electrons. The Hall–Kier alpha value is -0.710.